The van der Waals surface area contributed by atoms with E-state index < -0.39 is 0 Å². The monoisotopic (exact) mass is 339 g/mol. The van der Waals surface area contributed by atoms with Gasteiger partial charge < -0.3 is 9.42 Å². The molecule has 24 heavy (non-hydrogen) atoms. The number of thiophene rings is 1. The third-order valence-corrected chi connectivity index (χ3v) is 4.33. The maximum atomic E-state index is 12.5. The zero-order valence-electron chi connectivity index (χ0n) is 13.3. The lowest BCUT2D eigenvalue weighted by Crippen LogP contribution is -2.30. The molecule has 0 atom stereocenters. The number of carbonyl (C=O) groups excluding carboxylic acids is 1. The van der Waals surface area contributed by atoms with Crippen LogP contribution in [0.5, 0.6) is 0 Å². The van der Waals surface area contributed by atoms with Crippen LogP contribution in [0.3, 0.4) is 0 Å². The first-order chi connectivity index (χ1) is 11.7. The maximum absolute atomic E-state index is 12.5. The summed E-state index contributed by atoms with van der Waals surface area (Å²) in [6.45, 7) is 6.40. The van der Waals surface area contributed by atoms with E-state index in [1.165, 1.54) is 16.9 Å². The van der Waals surface area contributed by atoms with Crippen LogP contribution in [-0.4, -0.2) is 27.5 Å². The number of hydrogen-bond acceptors (Lipinski definition) is 5. The molecule has 0 aliphatic heterocycles. The number of nitrogens with zero attached hydrogens (tertiary/aromatic N) is 3. The second-order valence-corrected chi connectivity index (χ2v) is 6.28. The molecular weight excluding hydrogens is 322 g/mol. The van der Waals surface area contributed by atoms with Gasteiger partial charge >= 0.3 is 0 Å². The van der Waals surface area contributed by atoms with Gasteiger partial charge in [-0.05, 0) is 18.4 Å². The van der Waals surface area contributed by atoms with Crippen LogP contribution < -0.4 is 0 Å². The molecule has 2 aromatic heterocycles. The van der Waals surface area contributed by atoms with Crippen molar-refractivity contribution in [2.75, 3.05) is 6.54 Å². The zero-order chi connectivity index (χ0) is 16.9. The van der Waals surface area contributed by atoms with E-state index in [1.807, 2.05) is 42.6 Å². The van der Waals surface area contributed by atoms with Crippen LogP contribution in [0.25, 0.3) is 11.4 Å². The molecule has 0 aliphatic carbocycles. The van der Waals surface area contributed by atoms with Crippen molar-refractivity contribution < 1.29 is 9.32 Å². The Balaban J connectivity index is 1.77. The first-order valence-corrected chi connectivity index (χ1v) is 8.38. The van der Waals surface area contributed by atoms with Gasteiger partial charge in [0, 0.05) is 12.1 Å². The molecule has 0 spiro atoms. The average Bonchev–Trinajstić information content (AvgIpc) is 3.26. The van der Waals surface area contributed by atoms with E-state index >= 15 is 0 Å². The highest BCUT2D eigenvalue weighted by molar-refractivity contribution is 7.12. The molecule has 122 valence electrons. The van der Waals surface area contributed by atoms with E-state index in [0.29, 0.717) is 23.1 Å². The average molecular weight is 339 g/mol. The van der Waals surface area contributed by atoms with Crippen molar-refractivity contribution in [1.29, 1.82) is 0 Å². The molecule has 0 aliphatic rings. The first-order valence-electron chi connectivity index (χ1n) is 7.50. The summed E-state index contributed by atoms with van der Waals surface area (Å²) in [7, 11) is 0. The smallest absolute Gasteiger partial charge is 0.264 e. The molecular formula is C18H17N3O2S. The molecule has 6 heteroatoms. The Hall–Kier alpha value is -2.73. The summed E-state index contributed by atoms with van der Waals surface area (Å²) >= 11 is 1.41. The molecule has 0 saturated heterocycles. The van der Waals surface area contributed by atoms with Crippen LogP contribution in [0.15, 0.2) is 59.0 Å². The van der Waals surface area contributed by atoms with E-state index in [0.717, 1.165) is 5.56 Å². The van der Waals surface area contributed by atoms with Crippen molar-refractivity contribution in [2.45, 2.75) is 13.5 Å². The van der Waals surface area contributed by atoms with Crippen LogP contribution in [0.4, 0.5) is 0 Å². The van der Waals surface area contributed by atoms with Gasteiger partial charge in [0.05, 0.1) is 4.88 Å². The number of rotatable bonds is 6. The lowest BCUT2D eigenvalue weighted by molar-refractivity contribution is 0.0750. The van der Waals surface area contributed by atoms with Gasteiger partial charge in [-0.15, -0.1) is 17.9 Å². The molecule has 0 N–H and O–H groups in total. The van der Waals surface area contributed by atoms with Crippen LogP contribution in [0, 0.1) is 6.92 Å². The fourth-order valence-electron chi connectivity index (χ4n) is 2.23. The van der Waals surface area contributed by atoms with E-state index in [1.54, 1.807) is 17.0 Å². The molecule has 5 nitrogen and oxygen atoms in total. The summed E-state index contributed by atoms with van der Waals surface area (Å²) in [5.74, 6) is 0.851. The van der Waals surface area contributed by atoms with Crippen LogP contribution in [0.2, 0.25) is 0 Å². The quantitative estimate of drug-likeness (QED) is 0.638. The Morgan fingerprint density at radius 1 is 1.33 bits per heavy atom. The van der Waals surface area contributed by atoms with Crippen LogP contribution >= 0.6 is 11.3 Å². The Kier molecular flexibility index (Phi) is 4.86. The van der Waals surface area contributed by atoms with Gasteiger partial charge in [-0.3, -0.25) is 4.79 Å². The van der Waals surface area contributed by atoms with Gasteiger partial charge in [-0.2, -0.15) is 4.98 Å². The maximum Gasteiger partial charge on any atom is 0.264 e. The number of hydrogen-bond donors (Lipinski definition) is 0. The summed E-state index contributed by atoms with van der Waals surface area (Å²) in [5.41, 5.74) is 2.05. The molecule has 2 heterocycles. The summed E-state index contributed by atoms with van der Waals surface area (Å²) in [6.07, 6.45) is 1.68. The highest BCUT2D eigenvalue weighted by Gasteiger charge is 2.19. The molecule has 3 aromatic rings. The number of carbonyl (C=O) groups is 1. The highest BCUT2D eigenvalue weighted by Crippen LogP contribution is 2.18. The topological polar surface area (TPSA) is 59.2 Å². The lowest BCUT2D eigenvalue weighted by Gasteiger charge is -2.17. The molecule has 0 saturated carbocycles. The minimum absolute atomic E-state index is 0.0695. The van der Waals surface area contributed by atoms with Gasteiger partial charge in [0.15, 0.2) is 0 Å². The molecule has 0 fully saturated rings. The minimum Gasteiger partial charge on any atom is -0.337 e. The lowest BCUT2D eigenvalue weighted by atomic mass is 10.1. The summed E-state index contributed by atoms with van der Waals surface area (Å²) in [5, 5.41) is 5.88. The molecule has 0 unspecified atom stereocenters. The Morgan fingerprint density at radius 3 is 2.79 bits per heavy atom. The third kappa shape index (κ3) is 3.60. The fourth-order valence-corrected chi connectivity index (χ4v) is 2.92. The minimum atomic E-state index is -0.0695. The van der Waals surface area contributed by atoms with Gasteiger partial charge in [0.1, 0.15) is 6.54 Å². The number of aryl methyl sites for hydroxylation is 1. The summed E-state index contributed by atoms with van der Waals surface area (Å²) < 4.78 is 5.31. The Bertz CT molecular complexity index is 822. The molecule has 0 bridgehead atoms. The largest absolute Gasteiger partial charge is 0.337 e. The summed E-state index contributed by atoms with van der Waals surface area (Å²) in [6, 6.07) is 11.5. The molecule has 0 radical (unpaired) electrons. The van der Waals surface area contributed by atoms with Gasteiger partial charge in [0.2, 0.25) is 11.7 Å². The first kappa shape index (κ1) is 16.1. The van der Waals surface area contributed by atoms with Gasteiger partial charge in [-0.25, -0.2) is 0 Å². The molecule has 1 aromatic carbocycles. The van der Waals surface area contributed by atoms with Crippen molar-refractivity contribution >= 4 is 17.2 Å². The number of aromatic nitrogens is 2. The van der Waals surface area contributed by atoms with Crippen molar-refractivity contribution in [2.24, 2.45) is 0 Å². The third-order valence-electron chi connectivity index (χ3n) is 3.47. The van der Waals surface area contributed by atoms with Crippen molar-refractivity contribution in [3.05, 3.63) is 70.8 Å². The van der Waals surface area contributed by atoms with E-state index in [-0.39, 0.29) is 12.5 Å². The second kappa shape index (κ2) is 7.23. The number of amides is 1. The number of benzene rings is 1. The van der Waals surface area contributed by atoms with Crippen molar-refractivity contribution in [3.8, 4) is 11.4 Å². The standard InChI is InChI=1S/C18H17N3O2S/c1-3-10-21(18(22)15-5-4-11-24-15)12-16-19-17(20-23-16)14-8-6-13(2)7-9-14/h3-9,11H,1,10,12H2,2H3. The second-order valence-electron chi connectivity index (χ2n) is 5.33. The molecule has 1 amide bonds. The SMILES string of the molecule is C=CCN(Cc1nc(-c2ccc(C)cc2)no1)C(=O)c1cccs1. The Labute approximate surface area is 144 Å². The van der Waals surface area contributed by atoms with Crippen molar-refractivity contribution in [1.82, 2.24) is 15.0 Å². The predicted octanol–water partition coefficient (Wildman–Crippen LogP) is 3.93. The van der Waals surface area contributed by atoms with E-state index in [4.69, 9.17) is 4.52 Å². The normalized spacial score (nSPS) is 10.5. The highest BCUT2D eigenvalue weighted by atomic mass is 32.1. The van der Waals surface area contributed by atoms with E-state index in [9.17, 15) is 4.79 Å². The van der Waals surface area contributed by atoms with E-state index in [2.05, 4.69) is 16.7 Å². The van der Waals surface area contributed by atoms with Crippen LogP contribution in [0.1, 0.15) is 21.1 Å². The fraction of sp³-hybridized carbons (Fsp3) is 0.167. The summed E-state index contributed by atoms with van der Waals surface area (Å²) in [4.78, 5) is 19.2. The Morgan fingerprint density at radius 2 is 2.12 bits per heavy atom. The molecule has 3 rings (SSSR count). The zero-order valence-corrected chi connectivity index (χ0v) is 14.1. The van der Waals surface area contributed by atoms with Crippen LogP contribution in [-0.2, 0) is 6.54 Å². The van der Waals surface area contributed by atoms with Crippen molar-refractivity contribution in [3.63, 3.8) is 0 Å². The van der Waals surface area contributed by atoms with Gasteiger partial charge in [-0.1, -0.05) is 47.1 Å². The predicted molar refractivity (Wildman–Crippen MR) is 93.7 cm³/mol. The van der Waals surface area contributed by atoms with Gasteiger partial charge in [0.25, 0.3) is 5.91 Å².